The highest BCUT2D eigenvalue weighted by Gasteiger charge is 2.24. The molecule has 1 fully saturated rings. The fraction of sp³-hybridized carbons (Fsp3) is 0.615. The SMILES string of the molecule is COC(=O)CN(Cc1ccsc1)C1CCCC1. The van der Waals surface area contributed by atoms with Gasteiger partial charge >= 0.3 is 5.97 Å². The van der Waals surface area contributed by atoms with Gasteiger partial charge < -0.3 is 4.74 Å². The largest absolute Gasteiger partial charge is 0.468 e. The Kier molecular flexibility index (Phi) is 4.57. The average Bonchev–Trinajstić information content (AvgIpc) is 3.00. The molecule has 0 radical (unpaired) electrons. The van der Waals surface area contributed by atoms with Crippen LogP contribution < -0.4 is 0 Å². The summed E-state index contributed by atoms with van der Waals surface area (Å²) in [5, 5.41) is 4.24. The Balaban J connectivity index is 1.98. The first-order valence-electron chi connectivity index (χ1n) is 6.11. The molecule has 3 nitrogen and oxygen atoms in total. The molecule has 0 N–H and O–H groups in total. The topological polar surface area (TPSA) is 29.5 Å². The summed E-state index contributed by atoms with van der Waals surface area (Å²) in [7, 11) is 1.46. The zero-order valence-electron chi connectivity index (χ0n) is 10.2. The highest BCUT2D eigenvalue weighted by molar-refractivity contribution is 7.07. The lowest BCUT2D eigenvalue weighted by Crippen LogP contribution is -2.37. The smallest absolute Gasteiger partial charge is 0.319 e. The number of esters is 1. The molecule has 0 spiro atoms. The third-order valence-corrected chi connectivity index (χ3v) is 4.10. The molecule has 1 aromatic rings. The Labute approximate surface area is 106 Å². The standard InChI is InChI=1S/C13H19NO2S/c1-16-13(15)9-14(12-4-2-3-5-12)8-11-6-7-17-10-11/h6-7,10,12H,2-5,8-9H2,1H3. The average molecular weight is 253 g/mol. The summed E-state index contributed by atoms with van der Waals surface area (Å²) in [6.45, 7) is 1.28. The van der Waals surface area contributed by atoms with Crippen molar-refractivity contribution in [3.05, 3.63) is 22.4 Å². The number of ether oxygens (including phenoxy) is 1. The van der Waals surface area contributed by atoms with E-state index in [2.05, 4.69) is 21.7 Å². The van der Waals surface area contributed by atoms with Crippen molar-refractivity contribution in [3.8, 4) is 0 Å². The summed E-state index contributed by atoms with van der Waals surface area (Å²) in [6.07, 6.45) is 4.99. The number of thiophene rings is 1. The molecule has 1 aromatic heterocycles. The predicted octanol–water partition coefficient (Wildman–Crippen LogP) is 2.67. The number of hydrogen-bond acceptors (Lipinski definition) is 4. The van der Waals surface area contributed by atoms with Crippen molar-refractivity contribution >= 4 is 17.3 Å². The molecule has 0 unspecified atom stereocenters. The van der Waals surface area contributed by atoms with E-state index in [1.165, 1.54) is 38.4 Å². The van der Waals surface area contributed by atoms with E-state index >= 15 is 0 Å². The van der Waals surface area contributed by atoms with Crippen LogP contribution in [0.15, 0.2) is 16.8 Å². The van der Waals surface area contributed by atoms with Gasteiger partial charge in [-0.05, 0) is 35.2 Å². The molecule has 0 bridgehead atoms. The monoisotopic (exact) mass is 253 g/mol. The van der Waals surface area contributed by atoms with E-state index < -0.39 is 0 Å². The van der Waals surface area contributed by atoms with Gasteiger partial charge in [0.15, 0.2) is 0 Å². The second-order valence-corrected chi connectivity index (χ2v) is 5.33. The van der Waals surface area contributed by atoms with Crippen molar-refractivity contribution in [3.63, 3.8) is 0 Å². The van der Waals surface area contributed by atoms with E-state index in [0.717, 1.165) is 6.54 Å². The molecule has 94 valence electrons. The van der Waals surface area contributed by atoms with Gasteiger partial charge in [-0.25, -0.2) is 0 Å². The highest BCUT2D eigenvalue weighted by Crippen LogP contribution is 2.25. The van der Waals surface area contributed by atoms with E-state index in [9.17, 15) is 4.79 Å². The van der Waals surface area contributed by atoms with Gasteiger partial charge in [-0.2, -0.15) is 11.3 Å². The molecule has 4 heteroatoms. The summed E-state index contributed by atoms with van der Waals surface area (Å²) in [6, 6.07) is 2.68. The Morgan fingerprint density at radius 1 is 1.53 bits per heavy atom. The van der Waals surface area contributed by atoms with Gasteiger partial charge in [0.25, 0.3) is 0 Å². The van der Waals surface area contributed by atoms with Gasteiger partial charge in [0.2, 0.25) is 0 Å². The maximum absolute atomic E-state index is 11.4. The first-order chi connectivity index (χ1) is 8.29. The normalized spacial score (nSPS) is 16.6. The van der Waals surface area contributed by atoms with Gasteiger partial charge in [0, 0.05) is 12.6 Å². The molecule has 1 aliphatic rings. The van der Waals surface area contributed by atoms with Crippen molar-refractivity contribution in [2.24, 2.45) is 0 Å². The minimum absolute atomic E-state index is 0.132. The lowest BCUT2D eigenvalue weighted by atomic mass is 10.2. The third-order valence-electron chi connectivity index (χ3n) is 3.37. The van der Waals surface area contributed by atoms with E-state index in [4.69, 9.17) is 4.74 Å². The molecule has 0 aliphatic heterocycles. The minimum atomic E-state index is -0.132. The molecular weight excluding hydrogens is 234 g/mol. The van der Waals surface area contributed by atoms with Crippen LogP contribution in [-0.2, 0) is 16.1 Å². The van der Waals surface area contributed by atoms with E-state index in [0.29, 0.717) is 12.6 Å². The van der Waals surface area contributed by atoms with Crippen LogP contribution in [0.4, 0.5) is 0 Å². The fourth-order valence-electron chi connectivity index (χ4n) is 2.43. The molecule has 17 heavy (non-hydrogen) atoms. The van der Waals surface area contributed by atoms with Crippen LogP contribution in [0, 0.1) is 0 Å². The number of carbonyl (C=O) groups excluding carboxylic acids is 1. The van der Waals surface area contributed by atoms with Crippen LogP contribution in [0.25, 0.3) is 0 Å². The van der Waals surface area contributed by atoms with Crippen molar-refractivity contribution in [1.82, 2.24) is 4.90 Å². The molecule has 1 aliphatic carbocycles. The Bertz CT molecular complexity index is 344. The molecule has 0 amide bonds. The summed E-state index contributed by atoms with van der Waals surface area (Å²) >= 11 is 1.71. The van der Waals surface area contributed by atoms with E-state index in [1.807, 2.05) is 0 Å². The maximum atomic E-state index is 11.4. The molecule has 2 rings (SSSR count). The Hall–Kier alpha value is -0.870. The van der Waals surface area contributed by atoms with E-state index in [-0.39, 0.29) is 5.97 Å². The van der Waals surface area contributed by atoms with Gasteiger partial charge in [0.1, 0.15) is 0 Å². The highest BCUT2D eigenvalue weighted by atomic mass is 32.1. The van der Waals surface area contributed by atoms with E-state index in [1.54, 1.807) is 11.3 Å². The molecule has 1 heterocycles. The lowest BCUT2D eigenvalue weighted by molar-refractivity contribution is -0.142. The zero-order chi connectivity index (χ0) is 12.1. The molecule has 0 saturated heterocycles. The van der Waals surface area contributed by atoms with Crippen LogP contribution in [0.5, 0.6) is 0 Å². The maximum Gasteiger partial charge on any atom is 0.319 e. The first-order valence-corrected chi connectivity index (χ1v) is 7.06. The van der Waals surface area contributed by atoms with Gasteiger partial charge in [-0.1, -0.05) is 12.8 Å². The van der Waals surface area contributed by atoms with Gasteiger partial charge in [0.05, 0.1) is 13.7 Å². The predicted molar refractivity (Wildman–Crippen MR) is 69.0 cm³/mol. The van der Waals surface area contributed by atoms with Crippen molar-refractivity contribution < 1.29 is 9.53 Å². The molecule has 0 atom stereocenters. The van der Waals surface area contributed by atoms with Crippen LogP contribution in [0.1, 0.15) is 31.2 Å². The molecular formula is C13H19NO2S. The summed E-state index contributed by atoms with van der Waals surface area (Å²) in [5.41, 5.74) is 1.30. The first kappa shape index (κ1) is 12.6. The molecule has 0 aromatic carbocycles. The Morgan fingerprint density at radius 2 is 2.29 bits per heavy atom. The van der Waals surface area contributed by atoms with Crippen LogP contribution in [0.2, 0.25) is 0 Å². The van der Waals surface area contributed by atoms with Gasteiger partial charge in [-0.15, -0.1) is 0 Å². The second-order valence-electron chi connectivity index (χ2n) is 4.55. The quantitative estimate of drug-likeness (QED) is 0.756. The number of hydrogen-bond donors (Lipinski definition) is 0. The minimum Gasteiger partial charge on any atom is -0.468 e. The van der Waals surface area contributed by atoms with Crippen molar-refractivity contribution in [1.29, 1.82) is 0 Å². The lowest BCUT2D eigenvalue weighted by Gasteiger charge is -2.27. The fourth-order valence-corrected chi connectivity index (χ4v) is 3.09. The number of rotatable bonds is 5. The van der Waals surface area contributed by atoms with Crippen LogP contribution in [0.3, 0.4) is 0 Å². The zero-order valence-corrected chi connectivity index (χ0v) is 11.0. The van der Waals surface area contributed by atoms with Gasteiger partial charge in [-0.3, -0.25) is 9.69 Å². The van der Waals surface area contributed by atoms with Crippen LogP contribution >= 0.6 is 11.3 Å². The van der Waals surface area contributed by atoms with Crippen LogP contribution in [-0.4, -0.2) is 30.6 Å². The summed E-state index contributed by atoms with van der Waals surface area (Å²) in [4.78, 5) is 13.7. The summed E-state index contributed by atoms with van der Waals surface area (Å²) in [5.74, 6) is -0.132. The molecule has 1 saturated carbocycles. The number of carbonyl (C=O) groups is 1. The number of nitrogens with zero attached hydrogens (tertiary/aromatic N) is 1. The number of methoxy groups -OCH3 is 1. The second kappa shape index (κ2) is 6.17. The Morgan fingerprint density at radius 3 is 2.88 bits per heavy atom. The summed E-state index contributed by atoms with van der Waals surface area (Å²) < 4.78 is 4.78. The van der Waals surface area contributed by atoms with Crippen molar-refractivity contribution in [2.75, 3.05) is 13.7 Å². The third kappa shape index (κ3) is 3.54. The van der Waals surface area contributed by atoms with Crippen molar-refractivity contribution in [2.45, 2.75) is 38.3 Å².